The Balaban J connectivity index is 1.50. The van der Waals surface area contributed by atoms with Crippen LogP contribution < -0.4 is 5.32 Å². The molecule has 2 N–H and O–H groups in total. The first-order valence-electron chi connectivity index (χ1n) is 9.23. The van der Waals surface area contributed by atoms with Crippen LogP contribution in [0.3, 0.4) is 0 Å². The number of aromatic nitrogens is 3. The van der Waals surface area contributed by atoms with Gasteiger partial charge in [0.05, 0.1) is 21.6 Å². The van der Waals surface area contributed by atoms with Crippen molar-refractivity contribution >= 4 is 43.4 Å². The monoisotopic (exact) mass is 477 g/mol. The molecule has 8 nitrogen and oxygen atoms in total. The zero-order valence-electron chi connectivity index (χ0n) is 16.8. The number of aromatic amines is 1. The van der Waals surface area contributed by atoms with Crippen molar-refractivity contribution in [2.24, 2.45) is 0 Å². The maximum absolute atomic E-state index is 12.8. The second kappa shape index (κ2) is 8.37. The molecule has 0 fully saturated rings. The average molecular weight is 478 g/mol. The summed E-state index contributed by atoms with van der Waals surface area (Å²) >= 11 is 1.20. The minimum Gasteiger partial charge on any atom is -0.337 e. The first-order chi connectivity index (χ1) is 15.1. The molecule has 0 bridgehead atoms. The van der Waals surface area contributed by atoms with Crippen molar-refractivity contribution in [3.05, 3.63) is 59.2 Å². The van der Waals surface area contributed by atoms with Gasteiger partial charge in [-0.25, -0.2) is 31.5 Å². The van der Waals surface area contributed by atoms with Crippen molar-refractivity contribution in [3.63, 3.8) is 0 Å². The zero-order chi connectivity index (χ0) is 23.0. The summed E-state index contributed by atoms with van der Waals surface area (Å²) in [4.78, 5) is 23.4. The first kappa shape index (κ1) is 22.0. The third-order valence-electron chi connectivity index (χ3n) is 4.62. The van der Waals surface area contributed by atoms with Gasteiger partial charge in [-0.1, -0.05) is 12.1 Å². The molecule has 0 aliphatic heterocycles. The number of rotatable bonds is 6. The molecule has 1 amide bonds. The molecule has 0 unspecified atom stereocenters. The summed E-state index contributed by atoms with van der Waals surface area (Å²) in [5.74, 6) is -0.903. The standard InChI is InChI=1S/C20H17F2N5O3S2/c1-27(2)32(29,30)13-6-3-11(4-7-13)16-10-31-20(25-16)26-19(28)12-5-8-14-15(9-12)24-18(23-14)17(21)22/h3-10,17H,1-2H3,(H,23,24)(H,25,26,28). The SMILES string of the molecule is CN(C)S(=O)(=O)c1ccc(-c2csc(NC(=O)c3ccc4nc(C(F)F)[nH]c4c3)n2)cc1. The van der Waals surface area contributed by atoms with Crippen molar-refractivity contribution in [3.8, 4) is 11.3 Å². The number of amides is 1. The summed E-state index contributed by atoms with van der Waals surface area (Å²) in [6, 6.07) is 10.7. The fourth-order valence-electron chi connectivity index (χ4n) is 2.92. The van der Waals surface area contributed by atoms with E-state index in [1.807, 2.05) is 0 Å². The van der Waals surface area contributed by atoms with Gasteiger partial charge in [0, 0.05) is 30.6 Å². The van der Waals surface area contributed by atoms with Crippen molar-refractivity contribution in [2.75, 3.05) is 19.4 Å². The number of hydrogen-bond acceptors (Lipinski definition) is 6. The van der Waals surface area contributed by atoms with Crippen LogP contribution in [0, 0.1) is 0 Å². The lowest BCUT2D eigenvalue weighted by Gasteiger charge is -2.11. The first-order valence-corrected chi connectivity index (χ1v) is 11.5. The second-order valence-corrected chi connectivity index (χ2v) is 9.97. The van der Waals surface area contributed by atoms with Crippen LogP contribution >= 0.6 is 11.3 Å². The number of thiazole rings is 1. The van der Waals surface area contributed by atoms with Crippen molar-refractivity contribution < 1.29 is 22.0 Å². The number of alkyl halides is 2. The molecule has 32 heavy (non-hydrogen) atoms. The van der Waals surface area contributed by atoms with Gasteiger partial charge in [0.25, 0.3) is 12.3 Å². The Hall–Kier alpha value is -3.22. The van der Waals surface area contributed by atoms with E-state index in [4.69, 9.17) is 0 Å². The van der Waals surface area contributed by atoms with Crippen LogP contribution in [0.15, 0.2) is 52.7 Å². The number of hydrogen-bond donors (Lipinski definition) is 2. The number of fused-ring (bicyclic) bond motifs is 1. The van der Waals surface area contributed by atoms with Crippen molar-refractivity contribution in [1.29, 1.82) is 0 Å². The van der Waals surface area contributed by atoms with Crippen LogP contribution in [0.2, 0.25) is 0 Å². The van der Waals surface area contributed by atoms with Gasteiger partial charge in [-0.15, -0.1) is 11.3 Å². The lowest BCUT2D eigenvalue weighted by Crippen LogP contribution is -2.22. The summed E-state index contributed by atoms with van der Waals surface area (Å²) in [6.45, 7) is 0. The topological polar surface area (TPSA) is 108 Å². The van der Waals surface area contributed by atoms with E-state index in [-0.39, 0.29) is 10.5 Å². The number of carbonyl (C=O) groups excluding carboxylic acids is 1. The Bertz CT molecular complexity index is 1400. The molecule has 0 aliphatic carbocycles. The van der Waals surface area contributed by atoms with Crippen molar-refractivity contribution in [2.45, 2.75) is 11.3 Å². The molecular formula is C20H17F2N5O3S2. The molecule has 12 heteroatoms. The Morgan fingerprint density at radius 2 is 1.84 bits per heavy atom. The fourth-order valence-corrected chi connectivity index (χ4v) is 4.53. The maximum Gasteiger partial charge on any atom is 0.295 e. The molecule has 0 saturated heterocycles. The number of nitrogens with one attached hydrogen (secondary N) is 2. The molecule has 4 rings (SSSR count). The summed E-state index contributed by atoms with van der Waals surface area (Å²) < 4.78 is 51.1. The molecule has 166 valence electrons. The van der Waals surface area contributed by atoms with Gasteiger partial charge < -0.3 is 4.98 Å². The Morgan fingerprint density at radius 3 is 2.50 bits per heavy atom. The molecule has 0 spiro atoms. The smallest absolute Gasteiger partial charge is 0.295 e. The van der Waals surface area contributed by atoms with E-state index in [2.05, 4.69) is 20.3 Å². The molecule has 0 radical (unpaired) electrons. The minimum atomic E-state index is -3.53. The van der Waals surface area contributed by atoms with Crippen LogP contribution in [0.5, 0.6) is 0 Å². The van der Waals surface area contributed by atoms with Crippen LogP contribution in [0.25, 0.3) is 22.3 Å². The van der Waals surface area contributed by atoms with Gasteiger partial charge in [-0.3, -0.25) is 10.1 Å². The molecule has 0 atom stereocenters. The number of sulfonamides is 1. The maximum atomic E-state index is 12.8. The number of benzene rings is 2. The normalized spacial score (nSPS) is 12.1. The quantitative estimate of drug-likeness (QED) is 0.434. The third-order valence-corrected chi connectivity index (χ3v) is 7.21. The highest BCUT2D eigenvalue weighted by molar-refractivity contribution is 7.89. The molecule has 2 aromatic heterocycles. The predicted octanol–water partition coefficient (Wildman–Crippen LogP) is 4.13. The number of H-pyrrole nitrogens is 1. The third kappa shape index (κ3) is 4.24. The highest BCUT2D eigenvalue weighted by atomic mass is 32.2. The summed E-state index contributed by atoms with van der Waals surface area (Å²) in [6.07, 6.45) is -2.73. The molecule has 4 aromatic rings. The second-order valence-electron chi connectivity index (χ2n) is 6.96. The van der Waals surface area contributed by atoms with Crippen LogP contribution in [-0.2, 0) is 10.0 Å². The van der Waals surface area contributed by atoms with Gasteiger partial charge in [-0.2, -0.15) is 0 Å². The minimum absolute atomic E-state index is 0.166. The van der Waals surface area contributed by atoms with E-state index in [1.54, 1.807) is 17.5 Å². The Morgan fingerprint density at radius 1 is 1.12 bits per heavy atom. The largest absolute Gasteiger partial charge is 0.337 e. The average Bonchev–Trinajstić information content (AvgIpc) is 3.40. The van der Waals surface area contributed by atoms with E-state index in [0.29, 0.717) is 27.4 Å². The van der Waals surface area contributed by atoms with Gasteiger partial charge in [-0.05, 0) is 30.3 Å². The van der Waals surface area contributed by atoms with E-state index in [0.717, 1.165) is 4.31 Å². The summed E-state index contributed by atoms with van der Waals surface area (Å²) in [5.41, 5.74) is 2.20. The number of nitrogens with zero attached hydrogens (tertiary/aromatic N) is 3. The van der Waals surface area contributed by atoms with E-state index >= 15 is 0 Å². The van der Waals surface area contributed by atoms with E-state index in [9.17, 15) is 22.0 Å². The number of carbonyl (C=O) groups is 1. The molecule has 0 saturated carbocycles. The van der Waals surface area contributed by atoms with Crippen LogP contribution in [-0.4, -0.2) is 47.7 Å². The van der Waals surface area contributed by atoms with Gasteiger partial charge in [0.1, 0.15) is 0 Å². The summed E-state index contributed by atoms with van der Waals surface area (Å²) in [5, 5.41) is 4.75. The summed E-state index contributed by atoms with van der Waals surface area (Å²) in [7, 11) is -0.609. The van der Waals surface area contributed by atoms with Gasteiger partial charge in [0.15, 0.2) is 11.0 Å². The highest BCUT2D eigenvalue weighted by Crippen LogP contribution is 2.27. The Kier molecular flexibility index (Phi) is 5.75. The molecular weight excluding hydrogens is 460 g/mol. The molecule has 2 heterocycles. The van der Waals surface area contributed by atoms with Crippen LogP contribution in [0.4, 0.5) is 13.9 Å². The molecule has 2 aromatic carbocycles. The van der Waals surface area contributed by atoms with E-state index < -0.39 is 28.2 Å². The molecule has 0 aliphatic rings. The number of anilines is 1. The fraction of sp³-hybridized carbons (Fsp3) is 0.150. The lowest BCUT2D eigenvalue weighted by molar-refractivity contribution is 0.102. The van der Waals surface area contributed by atoms with Crippen LogP contribution in [0.1, 0.15) is 22.6 Å². The number of imidazole rings is 1. The Labute approximate surface area is 186 Å². The van der Waals surface area contributed by atoms with Gasteiger partial charge >= 0.3 is 0 Å². The zero-order valence-corrected chi connectivity index (χ0v) is 18.5. The van der Waals surface area contributed by atoms with Gasteiger partial charge in [0.2, 0.25) is 10.0 Å². The lowest BCUT2D eigenvalue weighted by atomic mass is 10.2. The number of halogens is 2. The van der Waals surface area contributed by atoms with Crippen molar-refractivity contribution in [1.82, 2.24) is 19.3 Å². The van der Waals surface area contributed by atoms with E-state index in [1.165, 1.54) is 55.8 Å². The predicted molar refractivity (Wildman–Crippen MR) is 117 cm³/mol. The highest BCUT2D eigenvalue weighted by Gasteiger charge is 2.18.